The fraction of sp³-hybridized carbons (Fsp3) is 0.857. The fourth-order valence-electron chi connectivity index (χ4n) is 0.545. The molecular weight excluding hydrogens is 120 g/mol. The molecule has 0 aliphatic rings. The van der Waals surface area contributed by atoms with Crippen molar-refractivity contribution in [3.63, 3.8) is 0 Å². The van der Waals surface area contributed by atoms with E-state index in [1.165, 1.54) is 12.8 Å². The first-order valence-electron chi connectivity index (χ1n) is 3.18. The Morgan fingerprint density at radius 1 is 1.50 bits per heavy atom. The van der Waals surface area contributed by atoms with Gasteiger partial charge in [0.2, 0.25) is 0 Å². The van der Waals surface area contributed by atoms with E-state index in [1.54, 1.807) is 5.92 Å². The maximum atomic E-state index is 5.49. The standard InChI is InChI=1S/C7H14Cl/c1-3-7(2)5-4-6-8/h3-6H2,1-2H3. The van der Waals surface area contributed by atoms with Crippen molar-refractivity contribution in [3.8, 4) is 0 Å². The average Bonchev–Trinajstić information content (AvgIpc) is 1.83. The summed E-state index contributed by atoms with van der Waals surface area (Å²) in [4.78, 5) is 0. The van der Waals surface area contributed by atoms with E-state index in [1.807, 2.05) is 0 Å². The summed E-state index contributed by atoms with van der Waals surface area (Å²) in [5.41, 5.74) is 0. The summed E-state index contributed by atoms with van der Waals surface area (Å²) < 4.78 is 0. The third kappa shape index (κ3) is 4.45. The minimum atomic E-state index is 0.803. The van der Waals surface area contributed by atoms with E-state index in [0.717, 1.165) is 12.3 Å². The van der Waals surface area contributed by atoms with E-state index in [4.69, 9.17) is 11.6 Å². The summed E-state index contributed by atoms with van der Waals surface area (Å²) >= 11 is 5.49. The number of alkyl halides is 1. The van der Waals surface area contributed by atoms with Gasteiger partial charge in [-0.05, 0) is 18.8 Å². The molecule has 0 spiro atoms. The normalized spacial score (nSPS) is 10.5. The first-order chi connectivity index (χ1) is 3.81. The zero-order valence-electron chi connectivity index (χ0n) is 5.71. The van der Waals surface area contributed by atoms with Gasteiger partial charge >= 0.3 is 0 Å². The first-order valence-corrected chi connectivity index (χ1v) is 3.72. The second-order valence-corrected chi connectivity index (χ2v) is 2.48. The average molecular weight is 134 g/mol. The van der Waals surface area contributed by atoms with Crippen LogP contribution < -0.4 is 0 Å². The lowest BCUT2D eigenvalue weighted by molar-refractivity contribution is 0.749. The molecule has 0 aliphatic heterocycles. The van der Waals surface area contributed by atoms with Crippen LogP contribution in [0.2, 0.25) is 0 Å². The van der Waals surface area contributed by atoms with Gasteiger partial charge in [0.25, 0.3) is 0 Å². The van der Waals surface area contributed by atoms with Crippen LogP contribution in [-0.4, -0.2) is 5.88 Å². The van der Waals surface area contributed by atoms with Crippen molar-refractivity contribution >= 4 is 11.6 Å². The van der Waals surface area contributed by atoms with Crippen molar-refractivity contribution < 1.29 is 0 Å². The van der Waals surface area contributed by atoms with Crippen molar-refractivity contribution in [2.45, 2.75) is 33.1 Å². The Labute approximate surface area is 57.2 Å². The van der Waals surface area contributed by atoms with Gasteiger partial charge in [-0.15, -0.1) is 11.6 Å². The molecule has 0 amide bonds. The van der Waals surface area contributed by atoms with Crippen molar-refractivity contribution in [2.24, 2.45) is 0 Å². The highest BCUT2D eigenvalue weighted by molar-refractivity contribution is 6.17. The topological polar surface area (TPSA) is 0 Å². The SMILES string of the molecule is CC[C](C)CCCCl. The molecule has 49 valence electrons. The minimum Gasteiger partial charge on any atom is -0.127 e. The van der Waals surface area contributed by atoms with Crippen LogP contribution in [0.25, 0.3) is 0 Å². The predicted octanol–water partition coefficient (Wildman–Crippen LogP) is 3.01. The zero-order valence-corrected chi connectivity index (χ0v) is 6.46. The van der Waals surface area contributed by atoms with Crippen LogP contribution in [0, 0.1) is 5.92 Å². The third-order valence-electron chi connectivity index (χ3n) is 1.34. The number of halogens is 1. The quantitative estimate of drug-likeness (QED) is 0.518. The van der Waals surface area contributed by atoms with E-state index in [9.17, 15) is 0 Å². The molecule has 8 heavy (non-hydrogen) atoms. The summed E-state index contributed by atoms with van der Waals surface area (Å²) in [5.74, 6) is 2.36. The molecular formula is C7H14Cl. The smallest absolute Gasteiger partial charge is 0.0223 e. The number of hydrogen-bond donors (Lipinski definition) is 0. The largest absolute Gasteiger partial charge is 0.127 e. The van der Waals surface area contributed by atoms with E-state index < -0.39 is 0 Å². The monoisotopic (exact) mass is 133 g/mol. The lowest BCUT2D eigenvalue weighted by Gasteiger charge is -2.03. The fourth-order valence-corrected chi connectivity index (χ4v) is 0.679. The summed E-state index contributed by atoms with van der Waals surface area (Å²) in [6, 6.07) is 0. The molecule has 0 fully saturated rings. The molecule has 0 aliphatic carbocycles. The van der Waals surface area contributed by atoms with E-state index in [0.29, 0.717) is 0 Å². The predicted molar refractivity (Wildman–Crippen MR) is 39.2 cm³/mol. The van der Waals surface area contributed by atoms with Gasteiger partial charge in [-0.2, -0.15) is 0 Å². The van der Waals surface area contributed by atoms with Crippen LogP contribution in [0.3, 0.4) is 0 Å². The van der Waals surface area contributed by atoms with Gasteiger partial charge in [-0.25, -0.2) is 0 Å². The summed E-state index contributed by atoms with van der Waals surface area (Å²) in [7, 11) is 0. The molecule has 0 saturated heterocycles. The molecule has 0 aromatic heterocycles. The Kier molecular flexibility index (Phi) is 5.62. The van der Waals surface area contributed by atoms with E-state index in [2.05, 4.69) is 13.8 Å². The van der Waals surface area contributed by atoms with Gasteiger partial charge in [0.1, 0.15) is 0 Å². The Hall–Kier alpha value is 0.290. The Morgan fingerprint density at radius 2 is 2.12 bits per heavy atom. The highest BCUT2D eigenvalue weighted by Gasteiger charge is 1.95. The third-order valence-corrected chi connectivity index (χ3v) is 1.61. The van der Waals surface area contributed by atoms with Gasteiger partial charge in [0.15, 0.2) is 0 Å². The molecule has 0 bridgehead atoms. The molecule has 0 N–H and O–H groups in total. The zero-order chi connectivity index (χ0) is 6.41. The van der Waals surface area contributed by atoms with Crippen LogP contribution in [0.1, 0.15) is 33.1 Å². The second-order valence-electron chi connectivity index (χ2n) is 2.10. The second kappa shape index (κ2) is 5.43. The molecule has 0 nitrogen and oxygen atoms in total. The van der Waals surface area contributed by atoms with Crippen LogP contribution >= 0.6 is 11.6 Å². The van der Waals surface area contributed by atoms with Gasteiger partial charge in [-0.1, -0.05) is 20.3 Å². The van der Waals surface area contributed by atoms with Gasteiger partial charge in [-0.3, -0.25) is 0 Å². The molecule has 0 saturated carbocycles. The molecule has 0 aromatic rings. The Balaban J connectivity index is 2.86. The molecule has 1 heteroatoms. The summed E-state index contributed by atoms with van der Waals surface area (Å²) in [6.07, 6.45) is 3.55. The van der Waals surface area contributed by atoms with Crippen LogP contribution in [0.5, 0.6) is 0 Å². The summed E-state index contributed by atoms with van der Waals surface area (Å²) in [6.45, 7) is 4.37. The van der Waals surface area contributed by atoms with Gasteiger partial charge < -0.3 is 0 Å². The van der Waals surface area contributed by atoms with Crippen LogP contribution in [0.15, 0.2) is 0 Å². The highest BCUT2D eigenvalue weighted by Crippen LogP contribution is 2.11. The molecule has 0 heterocycles. The van der Waals surface area contributed by atoms with Crippen molar-refractivity contribution in [3.05, 3.63) is 5.92 Å². The highest BCUT2D eigenvalue weighted by atomic mass is 35.5. The lowest BCUT2D eigenvalue weighted by Crippen LogP contribution is -1.88. The number of hydrogen-bond acceptors (Lipinski definition) is 0. The lowest BCUT2D eigenvalue weighted by atomic mass is 10.0. The Bertz CT molecular complexity index is 43.7. The van der Waals surface area contributed by atoms with Gasteiger partial charge in [0.05, 0.1) is 0 Å². The molecule has 0 unspecified atom stereocenters. The first kappa shape index (κ1) is 8.29. The van der Waals surface area contributed by atoms with Crippen molar-refractivity contribution in [1.82, 2.24) is 0 Å². The Morgan fingerprint density at radius 3 is 2.50 bits per heavy atom. The van der Waals surface area contributed by atoms with Crippen LogP contribution in [0.4, 0.5) is 0 Å². The van der Waals surface area contributed by atoms with E-state index >= 15 is 0 Å². The van der Waals surface area contributed by atoms with Crippen LogP contribution in [-0.2, 0) is 0 Å². The molecule has 0 aromatic carbocycles. The molecule has 0 atom stereocenters. The maximum absolute atomic E-state index is 5.49. The minimum absolute atomic E-state index is 0.803. The molecule has 1 radical (unpaired) electrons. The molecule has 0 rings (SSSR count). The van der Waals surface area contributed by atoms with Crippen molar-refractivity contribution in [1.29, 1.82) is 0 Å². The van der Waals surface area contributed by atoms with Crippen molar-refractivity contribution in [2.75, 3.05) is 5.88 Å². The number of rotatable bonds is 4. The van der Waals surface area contributed by atoms with Gasteiger partial charge in [0, 0.05) is 5.88 Å². The van der Waals surface area contributed by atoms with E-state index in [-0.39, 0.29) is 0 Å². The maximum Gasteiger partial charge on any atom is 0.0223 e. The summed E-state index contributed by atoms with van der Waals surface area (Å²) in [5, 5.41) is 0.